The minimum absolute atomic E-state index is 0.00369. The summed E-state index contributed by atoms with van der Waals surface area (Å²) in [6.07, 6.45) is 2.04. The second-order valence-electron chi connectivity index (χ2n) is 8.17. The molecule has 0 aromatic heterocycles. The number of nitrogens with zero attached hydrogens (tertiary/aromatic N) is 2. The number of rotatable bonds is 4. The molecule has 1 fully saturated rings. The van der Waals surface area contributed by atoms with E-state index in [0.717, 1.165) is 37.2 Å². The molecule has 5 heteroatoms. The van der Waals surface area contributed by atoms with E-state index < -0.39 is 0 Å². The van der Waals surface area contributed by atoms with Crippen LogP contribution in [-0.4, -0.2) is 55.8 Å². The van der Waals surface area contributed by atoms with Gasteiger partial charge in [0.15, 0.2) is 6.73 Å². The summed E-state index contributed by atoms with van der Waals surface area (Å²) in [7, 11) is 4.00. The van der Waals surface area contributed by atoms with Gasteiger partial charge < -0.3 is 19.9 Å². The van der Waals surface area contributed by atoms with Gasteiger partial charge in [-0.15, -0.1) is 0 Å². The standard InChI is InChI=1S/C20H33N3O2/c1-15-7-8-18(17(13-15)20(2,3)4)25-14-21-19(24)23(6)16-9-11-22(5)12-10-16/h7-8,13,16H,9-12,14H2,1-6H3,(H,21,24). The Morgan fingerprint density at radius 3 is 2.56 bits per heavy atom. The molecular formula is C20H33N3O2. The molecule has 1 aliphatic heterocycles. The highest BCUT2D eigenvalue weighted by molar-refractivity contribution is 5.74. The van der Waals surface area contributed by atoms with Crippen molar-refractivity contribution in [3.63, 3.8) is 0 Å². The Morgan fingerprint density at radius 2 is 1.96 bits per heavy atom. The van der Waals surface area contributed by atoms with Crippen LogP contribution < -0.4 is 10.1 Å². The summed E-state index contributed by atoms with van der Waals surface area (Å²) in [5.74, 6) is 0.834. The average molecular weight is 348 g/mol. The highest BCUT2D eigenvalue weighted by Crippen LogP contribution is 2.32. The molecule has 0 saturated carbocycles. The van der Waals surface area contributed by atoms with Gasteiger partial charge in [0.2, 0.25) is 0 Å². The zero-order valence-electron chi connectivity index (χ0n) is 16.6. The molecule has 0 bridgehead atoms. The first-order chi connectivity index (χ1) is 11.7. The average Bonchev–Trinajstić information content (AvgIpc) is 2.55. The number of carbonyl (C=O) groups excluding carboxylic acids is 1. The smallest absolute Gasteiger partial charge is 0.319 e. The summed E-state index contributed by atoms with van der Waals surface area (Å²) < 4.78 is 5.88. The summed E-state index contributed by atoms with van der Waals surface area (Å²) >= 11 is 0. The third-order valence-corrected chi connectivity index (χ3v) is 4.95. The Labute approximate surface area is 152 Å². The third kappa shape index (κ3) is 5.36. The van der Waals surface area contributed by atoms with Gasteiger partial charge in [-0.05, 0) is 56.9 Å². The largest absolute Gasteiger partial charge is 0.473 e. The molecule has 25 heavy (non-hydrogen) atoms. The van der Waals surface area contributed by atoms with Crippen LogP contribution in [0.25, 0.3) is 0 Å². The van der Waals surface area contributed by atoms with E-state index in [4.69, 9.17) is 4.74 Å². The van der Waals surface area contributed by atoms with Gasteiger partial charge >= 0.3 is 6.03 Å². The fraction of sp³-hybridized carbons (Fsp3) is 0.650. The lowest BCUT2D eigenvalue weighted by atomic mass is 9.85. The number of benzene rings is 1. The second-order valence-corrected chi connectivity index (χ2v) is 8.17. The first kappa shape index (κ1) is 19.6. The van der Waals surface area contributed by atoms with Gasteiger partial charge in [0.1, 0.15) is 5.75 Å². The number of ether oxygens (including phenoxy) is 1. The maximum Gasteiger partial charge on any atom is 0.319 e. The lowest BCUT2D eigenvalue weighted by molar-refractivity contribution is 0.141. The Balaban J connectivity index is 1.89. The van der Waals surface area contributed by atoms with Crippen LogP contribution in [0, 0.1) is 6.92 Å². The molecule has 0 aliphatic carbocycles. The monoisotopic (exact) mass is 347 g/mol. The first-order valence-corrected chi connectivity index (χ1v) is 9.11. The quantitative estimate of drug-likeness (QED) is 0.850. The highest BCUT2D eigenvalue weighted by atomic mass is 16.5. The fourth-order valence-corrected chi connectivity index (χ4v) is 3.20. The van der Waals surface area contributed by atoms with Crippen LogP contribution in [0.1, 0.15) is 44.7 Å². The minimum Gasteiger partial charge on any atom is -0.473 e. The number of hydrogen-bond acceptors (Lipinski definition) is 3. The summed E-state index contributed by atoms with van der Waals surface area (Å²) in [4.78, 5) is 16.5. The van der Waals surface area contributed by atoms with Crippen molar-refractivity contribution in [2.24, 2.45) is 0 Å². The molecule has 1 aromatic carbocycles. The van der Waals surface area contributed by atoms with E-state index in [2.05, 4.69) is 51.0 Å². The second kappa shape index (κ2) is 8.09. The normalized spacial score (nSPS) is 16.6. The van der Waals surface area contributed by atoms with Crippen LogP contribution in [-0.2, 0) is 5.41 Å². The van der Waals surface area contributed by atoms with E-state index in [1.165, 1.54) is 5.56 Å². The molecule has 1 N–H and O–H groups in total. The molecule has 1 aliphatic rings. The highest BCUT2D eigenvalue weighted by Gasteiger charge is 2.24. The summed E-state index contributed by atoms with van der Waals surface area (Å²) in [5, 5.41) is 2.88. The van der Waals surface area contributed by atoms with Crippen molar-refractivity contribution < 1.29 is 9.53 Å². The lowest BCUT2D eigenvalue weighted by Crippen LogP contribution is -2.48. The van der Waals surface area contributed by atoms with Crippen LogP contribution in [0.5, 0.6) is 5.75 Å². The summed E-state index contributed by atoms with van der Waals surface area (Å²) in [6.45, 7) is 10.8. The summed E-state index contributed by atoms with van der Waals surface area (Å²) in [5.41, 5.74) is 2.37. The molecule has 1 heterocycles. The van der Waals surface area contributed by atoms with Crippen LogP contribution in [0.2, 0.25) is 0 Å². The topological polar surface area (TPSA) is 44.8 Å². The van der Waals surface area contributed by atoms with E-state index in [0.29, 0.717) is 6.04 Å². The zero-order valence-corrected chi connectivity index (χ0v) is 16.6. The van der Waals surface area contributed by atoms with E-state index >= 15 is 0 Å². The van der Waals surface area contributed by atoms with Crippen LogP contribution in [0.4, 0.5) is 4.79 Å². The Morgan fingerprint density at radius 1 is 1.32 bits per heavy atom. The van der Waals surface area contributed by atoms with Crippen molar-refractivity contribution in [2.75, 3.05) is 33.9 Å². The van der Waals surface area contributed by atoms with Crippen molar-refractivity contribution in [1.82, 2.24) is 15.1 Å². The maximum absolute atomic E-state index is 12.4. The van der Waals surface area contributed by atoms with Gasteiger partial charge in [0.25, 0.3) is 0 Å². The van der Waals surface area contributed by atoms with Crippen molar-refractivity contribution >= 4 is 6.03 Å². The summed E-state index contributed by atoms with van der Waals surface area (Å²) in [6, 6.07) is 6.42. The zero-order chi connectivity index (χ0) is 18.6. The number of piperidine rings is 1. The molecule has 2 rings (SSSR count). The molecular weight excluding hydrogens is 314 g/mol. The van der Waals surface area contributed by atoms with Gasteiger partial charge in [0.05, 0.1) is 0 Å². The molecule has 0 spiro atoms. The van der Waals surface area contributed by atoms with Crippen molar-refractivity contribution in [3.8, 4) is 5.75 Å². The molecule has 140 valence electrons. The predicted octanol–water partition coefficient (Wildman–Crippen LogP) is 3.36. The van der Waals surface area contributed by atoms with Gasteiger partial charge in [-0.3, -0.25) is 0 Å². The molecule has 0 unspecified atom stereocenters. The van der Waals surface area contributed by atoms with E-state index in [1.54, 1.807) is 0 Å². The van der Waals surface area contributed by atoms with Gasteiger partial charge in [-0.25, -0.2) is 4.79 Å². The number of amides is 2. The van der Waals surface area contributed by atoms with Crippen LogP contribution in [0.15, 0.2) is 18.2 Å². The molecule has 2 amide bonds. The maximum atomic E-state index is 12.4. The SMILES string of the molecule is Cc1ccc(OCNC(=O)N(C)C2CCN(C)CC2)c(C(C)(C)C)c1. The number of nitrogens with one attached hydrogen (secondary N) is 1. The fourth-order valence-electron chi connectivity index (χ4n) is 3.20. The lowest BCUT2D eigenvalue weighted by Gasteiger charge is -2.35. The van der Waals surface area contributed by atoms with Gasteiger partial charge in [-0.1, -0.05) is 38.5 Å². The molecule has 5 nitrogen and oxygen atoms in total. The first-order valence-electron chi connectivity index (χ1n) is 9.11. The Kier molecular flexibility index (Phi) is 6.33. The molecule has 0 atom stereocenters. The Bertz CT molecular complexity index is 587. The van der Waals surface area contributed by atoms with Crippen molar-refractivity contribution in [1.29, 1.82) is 0 Å². The van der Waals surface area contributed by atoms with Crippen LogP contribution in [0.3, 0.4) is 0 Å². The number of hydrogen-bond donors (Lipinski definition) is 1. The van der Waals surface area contributed by atoms with E-state index in [9.17, 15) is 4.79 Å². The van der Waals surface area contributed by atoms with E-state index in [-0.39, 0.29) is 18.2 Å². The Hall–Kier alpha value is -1.75. The van der Waals surface area contributed by atoms with Crippen LogP contribution >= 0.6 is 0 Å². The molecule has 0 radical (unpaired) electrons. The minimum atomic E-state index is -0.0704. The van der Waals surface area contributed by atoms with Gasteiger partial charge in [-0.2, -0.15) is 0 Å². The number of aryl methyl sites for hydroxylation is 1. The van der Waals surface area contributed by atoms with Crippen molar-refractivity contribution in [3.05, 3.63) is 29.3 Å². The molecule has 1 aromatic rings. The third-order valence-electron chi connectivity index (χ3n) is 4.95. The van der Waals surface area contributed by atoms with E-state index in [1.807, 2.05) is 24.1 Å². The predicted molar refractivity (Wildman–Crippen MR) is 102 cm³/mol. The van der Waals surface area contributed by atoms with Gasteiger partial charge in [0, 0.05) is 13.1 Å². The molecule has 1 saturated heterocycles. The number of urea groups is 1. The number of carbonyl (C=O) groups is 1. The van der Waals surface area contributed by atoms with Crippen molar-refractivity contribution in [2.45, 2.75) is 52.0 Å². The number of likely N-dealkylation sites (tertiary alicyclic amines) is 1.